The Balaban J connectivity index is 2.49. The second kappa shape index (κ2) is 10.3. The molecule has 0 radical (unpaired) electrons. The van der Waals surface area contributed by atoms with Gasteiger partial charge in [0.25, 0.3) is 5.91 Å². The van der Waals surface area contributed by atoms with Gasteiger partial charge in [0.2, 0.25) is 0 Å². The van der Waals surface area contributed by atoms with Gasteiger partial charge >= 0.3 is 0 Å². The minimum absolute atomic E-state index is 0.0507. The number of nitrogens with one attached hydrogen (secondary N) is 1. The summed E-state index contributed by atoms with van der Waals surface area (Å²) in [6.45, 7) is 4.18. The van der Waals surface area contributed by atoms with Gasteiger partial charge in [0.15, 0.2) is 0 Å². The Hall–Kier alpha value is -1.51. The van der Waals surface area contributed by atoms with Crippen molar-refractivity contribution in [1.82, 2.24) is 10.3 Å². The lowest BCUT2D eigenvalue weighted by atomic mass is 10.2. The molecule has 5 heteroatoms. The van der Waals surface area contributed by atoms with Gasteiger partial charge in [-0.3, -0.25) is 4.79 Å². The maximum Gasteiger partial charge on any atom is 0.270 e. The van der Waals surface area contributed by atoms with E-state index in [0.29, 0.717) is 12.1 Å². The van der Waals surface area contributed by atoms with Crippen molar-refractivity contribution in [3.63, 3.8) is 0 Å². The predicted octanol–water partition coefficient (Wildman–Crippen LogP) is 2.08. The quantitative estimate of drug-likeness (QED) is 0.598. The second-order valence-corrected chi connectivity index (χ2v) is 5.96. The monoisotopic (exact) mass is 306 g/mol. The Morgan fingerprint density at radius 2 is 2.33 bits per heavy atom. The van der Waals surface area contributed by atoms with Gasteiger partial charge in [-0.15, -0.1) is 0 Å². The standard InChI is InChI=1S/C16H22N2O2S/c1-3-21-11-9-13(2)18-16(20)15-8-7-14(12-17-15)6-4-5-10-19/h7-8,12-13,19H,3,5,9-11H2,1-2H3,(H,18,20). The van der Waals surface area contributed by atoms with Crippen LogP contribution in [0.5, 0.6) is 0 Å². The molecule has 1 unspecified atom stereocenters. The molecule has 1 heterocycles. The summed E-state index contributed by atoms with van der Waals surface area (Å²) in [6.07, 6.45) is 2.97. The number of hydrogen-bond donors (Lipinski definition) is 2. The fraction of sp³-hybridized carbons (Fsp3) is 0.500. The van der Waals surface area contributed by atoms with Crippen LogP contribution in [-0.4, -0.2) is 40.2 Å². The lowest BCUT2D eigenvalue weighted by molar-refractivity contribution is 0.0934. The highest BCUT2D eigenvalue weighted by Crippen LogP contribution is 2.05. The summed E-state index contributed by atoms with van der Waals surface area (Å²) in [5.74, 6) is 7.69. The van der Waals surface area contributed by atoms with Crippen LogP contribution in [0.4, 0.5) is 0 Å². The number of amides is 1. The summed E-state index contributed by atoms with van der Waals surface area (Å²) >= 11 is 1.87. The molecule has 2 N–H and O–H groups in total. The highest BCUT2D eigenvalue weighted by Gasteiger charge is 2.10. The van der Waals surface area contributed by atoms with E-state index in [1.165, 1.54) is 0 Å². The number of carbonyl (C=O) groups is 1. The zero-order chi connectivity index (χ0) is 15.5. The summed E-state index contributed by atoms with van der Waals surface area (Å²) in [4.78, 5) is 16.1. The van der Waals surface area contributed by atoms with Gasteiger partial charge in [-0.25, -0.2) is 4.98 Å². The van der Waals surface area contributed by atoms with Crippen LogP contribution in [0.25, 0.3) is 0 Å². The maximum absolute atomic E-state index is 12.0. The lowest BCUT2D eigenvalue weighted by Gasteiger charge is -2.12. The number of aromatic nitrogens is 1. The topological polar surface area (TPSA) is 62.2 Å². The van der Waals surface area contributed by atoms with Crippen LogP contribution < -0.4 is 5.32 Å². The van der Waals surface area contributed by atoms with Gasteiger partial charge in [0, 0.05) is 24.2 Å². The third-order valence-electron chi connectivity index (χ3n) is 2.74. The molecule has 1 rings (SSSR count). The molecule has 0 bridgehead atoms. The number of rotatable bonds is 7. The molecule has 1 atom stereocenters. The van der Waals surface area contributed by atoms with E-state index in [9.17, 15) is 4.79 Å². The van der Waals surface area contributed by atoms with E-state index in [1.54, 1.807) is 18.3 Å². The smallest absolute Gasteiger partial charge is 0.270 e. The fourth-order valence-corrected chi connectivity index (χ4v) is 2.41. The molecule has 114 valence electrons. The van der Waals surface area contributed by atoms with Crippen molar-refractivity contribution in [3.05, 3.63) is 29.6 Å². The molecular weight excluding hydrogens is 284 g/mol. The molecule has 0 aromatic carbocycles. The Morgan fingerprint density at radius 3 is 2.95 bits per heavy atom. The molecule has 0 saturated carbocycles. The van der Waals surface area contributed by atoms with Gasteiger partial charge in [-0.05, 0) is 37.0 Å². The fourth-order valence-electron chi connectivity index (χ4n) is 1.60. The normalized spacial score (nSPS) is 11.4. The van der Waals surface area contributed by atoms with E-state index in [4.69, 9.17) is 5.11 Å². The first-order valence-corrected chi connectivity index (χ1v) is 8.27. The zero-order valence-corrected chi connectivity index (χ0v) is 13.4. The second-order valence-electron chi connectivity index (χ2n) is 4.57. The highest BCUT2D eigenvalue weighted by atomic mass is 32.2. The van der Waals surface area contributed by atoms with Crippen LogP contribution in [0.15, 0.2) is 18.3 Å². The first-order valence-electron chi connectivity index (χ1n) is 7.11. The average Bonchev–Trinajstić information content (AvgIpc) is 2.48. The number of aliphatic hydroxyl groups is 1. The minimum atomic E-state index is -0.154. The first-order chi connectivity index (χ1) is 10.2. The van der Waals surface area contributed by atoms with Crippen molar-refractivity contribution >= 4 is 17.7 Å². The molecule has 1 amide bonds. The van der Waals surface area contributed by atoms with E-state index in [1.807, 2.05) is 18.7 Å². The summed E-state index contributed by atoms with van der Waals surface area (Å²) in [5.41, 5.74) is 1.14. The molecule has 0 saturated heterocycles. The van der Waals surface area contributed by atoms with Gasteiger partial charge in [0.1, 0.15) is 5.69 Å². The number of pyridine rings is 1. The van der Waals surface area contributed by atoms with Gasteiger partial charge in [-0.1, -0.05) is 18.8 Å². The Bertz CT molecular complexity index is 491. The van der Waals surface area contributed by atoms with Crippen LogP contribution in [0, 0.1) is 11.8 Å². The molecule has 0 spiro atoms. The van der Waals surface area contributed by atoms with Crippen LogP contribution in [-0.2, 0) is 0 Å². The summed E-state index contributed by atoms with van der Waals surface area (Å²) in [6, 6.07) is 3.58. The molecule has 0 aliphatic rings. The third kappa shape index (κ3) is 7.16. The average molecular weight is 306 g/mol. The van der Waals surface area contributed by atoms with Crippen molar-refractivity contribution in [3.8, 4) is 11.8 Å². The summed E-state index contributed by atoms with van der Waals surface area (Å²) in [7, 11) is 0. The SMILES string of the molecule is CCSCCC(C)NC(=O)c1ccc(C#CCCO)cn1. The Kier molecular flexibility index (Phi) is 8.56. The number of aliphatic hydroxyl groups excluding tert-OH is 1. The van der Waals surface area contributed by atoms with E-state index in [2.05, 4.69) is 29.1 Å². The van der Waals surface area contributed by atoms with Crippen LogP contribution in [0.1, 0.15) is 42.7 Å². The van der Waals surface area contributed by atoms with Crippen LogP contribution >= 0.6 is 11.8 Å². The van der Waals surface area contributed by atoms with Crippen LogP contribution in [0.2, 0.25) is 0 Å². The number of hydrogen-bond acceptors (Lipinski definition) is 4. The van der Waals surface area contributed by atoms with Gasteiger partial charge in [-0.2, -0.15) is 11.8 Å². The van der Waals surface area contributed by atoms with Crippen molar-refractivity contribution in [2.75, 3.05) is 18.1 Å². The number of nitrogens with zero attached hydrogens (tertiary/aromatic N) is 1. The summed E-state index contributed by atoms with van der Waals surface area (Å²) < 4.78 is 0. The van der Waals surface area contributed by atoms with Crippen LogP contribution in [0.3, 0.4) is 0 Å². The molecule has 21 heavy (non-hydrogen) atoms. The minimum Gasteiger partial charge on any atom is -0.395 e. The molecule has 0 fully saturated rings. The molecule has 1 aromatic rings. The maximum atomic E-state index is 12.0. The molecule has 0 aliphatic heterocycles. The molecule has 0 aliphatic carbocycles. The van der Waals surface area contributed by atoms with Crippen molar-refractivity contribution in [2.24, 2.45) is 0 Å². The van der Waals surface area contributed by atoms with E-state index < -0.39 is 0 Å². The first kappa shape index (κ1) is 17.5. The van der Waals surface area contributed by atoms with Crippen molar-refractivity contribution in [1.29, 1.82) is 0 Å². The van der Waals surface area contributed by atoms with E-state index >= 15 is 0 Å². The molecule has 4 nitrogen and oxygen atoms in total. The highest BCUT2D eigenvalue weighted by molar-refractivity contribution is 7.99. The lowest BCUT2D eigenvalue weighted by Crippen LogP contribution is -2.33. The molecule has 1 aromatic heterocycles. The Morgan fingerprint density at radius 1 is 1.52 bits per heavy atom. The number of thioether (sulfide) groups is 1. The van der Waals surface area contributed by atoms with Crippen molar-refractivity contribution < 1.29 is 9.90 Å². The van der Waals surface area contributed by atoms with E-state index in [0.717, 1.165) is 23.5 Å². The largest absolute Gasteiger partial charge is 0.395 e. The zero-order valence-electron chi connectivity index (χ0n) is 12.6. The third-order valence-corrected chi connectivity index (χ3v) is 3.68. The number of carbonyl (C=O) groups excluding carboxylic acids is 1. The Labute approximate surface area is 130 Å². The van der Waals surface area contributed by atoms with Crippen molar-refractivity contribution in [2.45, 2.75) is 32.7 Å². The summed E-state index contributed by atoms with van der Waals surface area (Å²) in [5, 5.41) is 11.6. The van der Waals surface area contributed by atoms with E-state index in [-0.39, 0.29) is 18.6 Å². The molecular formula is C16H22N2O2S. The van der Waals surface area contributed by atoms with Gasteiger partial charge < -0.3 is 10.4 Å². The predicted molar refractivity (Wildman–Crippen MR) is 87.4 cm³/mol. The van der Waals surface area contributed by atoms with Gasteiger partial charge in [0.05, 0.1) is 6.61 Å².